The molecule has 1 aromatic carbocycles. The summed E-state index contributed by atoms with van der Waals surface area (Å²) in [4.78, 5) is 0.192. The van der Waals surface area contributed by atoms with Gasteiger partial charge in [0.1, 0.15) is 13.2 Å². The molecule has 0 spiro atoms. The molecule has 0 fully saturated rings. The summed E-state index contributed by atoms with van der Waals surface area (Å²) in [6.07, 6.45) is 1.02. The molecule has 1 aliphatic rings. The lowest BCUT2D eigenvalue weighted by atomic mass is 10.3. The quantitative estimate of drug-likeness (QED) is 0.726. The van der Waals surface area contributed by atoms with Crippen LogP contribution >= 0.6 is 0 Å². The number of sulfonamides is 1. The lowest BCUT2D eigenvalue weighted by molar-refractivity contribution is 0.171. The molecule has 0 bridgehead atoms. The molecule has 7 heteroatoms. The van der Waals surface area contributed by atoms with Crippen molar-refractivity contribution in [3.63, 3.8) is 0 Å². The number of benzene rings is 1. The third kappa shape index (κ3) is 3.84. The largest absolute Gasteiger partial charge is 0.486 e. The molecule has 0 aromatic heterocycles. The van der Waals surface area contributed by atoms with Crippen LogP contribution in [0.4, 0.5) is 0 Å². The molecule has 0 saturated heterocycles. The predicted octanol–water partition coefficient (Wildman–Crippen LogP) is 0.736. The number of rotatable bonds is 7. The second-order valence-electron chi connectivity index (χ2n) is 4.45. The Labute approximate surface area is 119 Å². The van der Waals surface area contributed by atoms with Crippen molar-refractivity contribution < 1.29 is 17.9 Å². The fourth-order valence-corrected chi connectivity index (χ4v) is 2.90. The van der Waals surface area contributed by atoms with Gasteiger partial charge in [-0.25, -0.2) is 13.1 Å². The summed E-state index contributed by atoms with van der Waals surface area (Å²) in [5, 5.41) is 3.14. The van der Waals surface area contributed by atoms with Crippen LogP contribution < -0.4 is 19.5 Å². The first-order valence-corrected chi connectivity index (χ1v) is 8.22. The molecule has 2 N–H and O–H groups in total. The highest BCUT2D eigenvalue weighted by Gasteiger charge is 2.18. The van der Waals surface area contributed by atoms with Gasteiger partial charge < -0.3 is 14.8 Å². The van der Waals surface area contributed by atoms with Gasteiger partial charge in [-0.3, -0.25) is 0 Å². The van der Waals surface area contributed by atoms with Gasteiger partial charge in [0.2, 0.25) is 10.0 Å². The van der Waals surface area contributed by atoms with E-state index in [9.17, 15) is 8.42 Å². The van der Waals surface area contributed by atoms with Crippen molar-refractivity contribution in [3.05, 3.63) is 18.2 Å². The van der Waals surface area contributed by atoms with E-state index in [4.69, 9.17) is 9.47 Å². The molecule has 0 amide bonds. The lowest BCUT2D eigenvalue weighted by Crippen LogP contribution is -2.32. The molecule has 0 aliphatic carbocycles. The monoisotopic (exact) mass is 300 g/mol. The lowest BCUT2D eigenvalue weighted by Gasteiger charge is -2.18. The summed E-state index contributed by atoms with van der Waals surface area (Å²) >= 11 is 0. The first kappa shape index (κ1) is 15.1. The maximum Gasteiger partial charge on any atom is 0.240 e. The minimum absolute atomic E-state index is 0.192. The molecule has 6 nitrogen and oxygen atoms in total. The number of nitrogens with one attached hydrogen (secondary N) is 2. The van der Waals surface area contributed by atoms with Crippen molar-refractivity contribution in [2.45, 2.75) is 18.2 Å². The van der Waals surface area contributed by atoms with Gasteiger partial charge in [-0.1, -0.05) is 6.92 Å². The van der Waals surface area contributed by atoms with Gasteiger partial charge >= 0.3 is 0 Å². The fourth-order valence-electron chi connectivity index (χ4n) is 1.85. The Morgan fingerprint density at radius 1 is 1.10 bits per heavy atom. The van der Waals surface area contributed by atoms with E-state index in [0.29, 0.717) is 37.8 Å². The Morgan fingerprint density at radius 3 is 2.60 bits per heavy atom. The summed E-state index contributed by atoms with van der Waals surface area (Å²) in [5.41, 5.74) is 0. The SMILES string of the molecule is CCCNCCNS(=O)(=O)c1ccc2c(c1)OCCO2. The van der Waals surface area contributed by atoms with Crippen LogP contribution in [0.15, 0.2) is 23.1 Å². The zero-order valence-electron chi connectivity index (χ0n) is 11.5. The number of fused-ring (bicyclic) bond motifs is 1. The van der Waals surface area contributed by atoms with Gasteiger partial charge in [0.25, 0.3) is 0 Å². The van der Waals surface area contributed by atoms with Gasteiger partial charge in [0.15, 0.2) is 11.5 Å². The van der Waals surface area contributed by atoms with E-state index in [1.54, 1.807) is 6.07 Å². The molecule has 1 aliphatic heterocycles. The van der Waals surface area contributed by atoms with Crippen molar-refractivity contribution in [2.24, 2.45) is 0 Å². The summed E-state index contributed by atoms with van der Waals surface area (Å²) in [6, 6.07) is 4.64. The van der Waals surface area contributed by atoms with Crippen LogP contribution in [0.3, 0.4) is 0 Å². The zero-order chi connectivity index (χ0) is 14.4. The smallest absolute Gasteiger partial charge is 0.240 e. The molecule has 1 heterocycles. The van der Waals surface area contributed by atoms with Crippen molar-refractivity contribution >= 4 is 10.0 Å². The van der Waals surface area contributed by atoms with Gasteiger partial charge in [0, 0.05) is 19.2 Å². The van der Waals surface area contributed by atoms with E-state index in [0.717, 1.165) is 13.0 Å². The zero-order valence-corrected chi connectivity index (χ0v) is 12.3. The average molecular weight is 300 g/mol. The third-order valence-electron chi connectivity index (χ3n) is 2.84. The van der Waals surface area contributed by atoms with Crippen molar-refractivity contribution in [1.82, 2.24) is 10.0 Å². The first-order valence-electron chi connectivity index (χ1n) is 6.73. The van der Waals surface area contributed by atoms with E-state index in [2.05, 4.69) is 17.0 Å². The molecular formula is C13H20N2O4S. The molecule has 0 saturated carbocycles. The average Bonchev–Trinajstić information content (AvgIpc) is 2.46. The summed E-state index contributed by atoms with van der Waals surface area (Å²) in [6.45, 7) is 4.83. The molecule has 0 radical (unpaired) electrons. The van der Waals surface area contributed by atoms with Crippen LogP contribution in [0.1, 0.15) is 13.3 Å². The molecule has 2 rings (SSSR count). The minimum Gasteiger partial charge on any atom is -0.486 e. The van der Waals surface area contributed by atoms with Crippen molar-refractivity contribution in [1.29, 1.82) is 0 Å². The standard InChI is InChI=1S/C13H20N2O4S/c1-2-5-14-6-7-15-20(16,17)11-3-4-12-13(10-11)19-9-8-18-12/h3-4,10,14-15H,2,5-9H2,1H3. The summed E-state index contributed by atoms with van der Waals surface area (Å²) in [7, 11) is -3.51. The Morgan fingerprint density at radius 2 is 1.85 bits per heavy atom. The number of hydrogen-bond donors (Lipinski definition) is 2. The van der Waals surface area contributed by atoms with Crippen molar-refractivity contribution in [3.8, 4) is 11.5 Å². The predicted molar refractivity (Wildman–Crippen MR) is 75.8 cm³/mol. The van der Waals surface area contributed by atoms with Gasteiger partial charge in [0.05, 0.1) is 4.90 Å². The van der Waals surface area contributed by atoms with Crippen LogP contribution in [-0.4, -0.2) is 41.3 Å². The number of hydrogen-bond acceptors (Lipinski definition) is 5. The fraction of sp³-hybridized carbons (Fsp3) is 0.538. The van der Waals surface area contributed by atoms with E-state index < -0.39 is 10.0 Å². The van der Waals surface area contributed by atoms with Crippen LogP contribution in [-0.2, 0) is 10.0 Å². The van der Waals surface area contributed by atoms with Crippen molar-refractivity contribution in [2.75, 3.05) is 32.8 Å². The van der Waals surface area contributed by atoms with E-state index >= 15 is 0 Å². The Hall–Kier alpha value is -1.31. The summed E-state index contributed by atoms with van der Waals surface area (Å²) < 4.78 is 37.5. The van der Waals surface area contributed by atoms with Crippen LogP contribution in [0.25, 0.3) is 0 Å². The molecule has 0 atom stereocenters. The molecular weight excluding hydrogens is 280 g/mol. The van der Waals surface area contributed by atoms with Crippen LogP contribution in [0.5, 0.6) is 11.5 Å². The van der Waals surface area contributed by atoms with Gasteiger partial charge in [-0.05, 0) is 25.1 Å². The molecule has 112 valence electrons. The normalized spacial score (nSPS) is 14.2. The molecule has 20 heavy (non-hydrogen) atoms. The maximum absolute atomic E-state index is 12.1. The minimum atomic E-state index is -3.51. The Bertz CT molecular complexity index is 545. The van der Waals surface area contributed by atoms with Crippen LogP contribution in [0, 0.1) is 0 Å². The highest BCUT2D eigenvalue weighted by molar-refractivity contribution is 7.89. The van der Waals surface area contributed by atoms with E-state index in [1.807, 2.05) is 0 Å². The Kier molecular flexibility index (Phi) is 5.22. The highest BCUT2D eigenvalue weighted by atomic mass is 32.2. The second kappa shape index (κ2) is 6.92. The molecule has 1 aromatic rings. The van der Waals surface area contributed by atoms with Gasteiger partial charge in [-0.2, -0.15) is 0 Å². The second-order valence-corrected chi connectivity index (χ2v) is 6.22. The number of ether oxygens (including phenoxy) is 2. The molecule has 0 unspecified atom stereocenters. The first-order chi connectivity index (χ1) is 9.63. The van der Waals surface area contributed by atoms with E-state index in [-0.39, 0.29) is 4.90 Å². The maximum atomic E-state index is 12.1. The Balaban J connectivity index is 1.98. The van der Waals surface area contributed by atoms with E-state index in [1.165, 1.54) is 12.1 Å². The van der Waals surface area contributed by atoms with Gasteiger partial charge in [-0.15, -0.1) is 0 Å². The third-order valence-corrected chi connectivity index (χ3v) is 4.30. The summed E-state index contributed by atoms with van der Waals surface area (Å²) in [5.74, 6) is 1.06. The topological polar surface area (TPSA) is 76.7 Å². The van der Waals surface area contributed by atoms with Crippen LogP contribution in [0.2, 0.25) is 0 Å². The highest BCUT2D eigenvalue weighted by Crippen LogP contribution is 2.31.